The molecule has 2 aliphatic rings. The molecule has 2 nitrogen and oxygen atoms in total. The van der Waals surface area contributed by atoms with Crippen LogP contribution in [-0.2, 0) is 4.74 Å². The van der Waals surface area contributed by atoms with E-state index in [4.69, 9.17) is 10.00 Å². The molecule has 3 rings (SSSR count). The standard InChI is InChI=1S/C16H12FNO/c17-14-6-4-12(5-7-14)16-15-3-1-2-11(9-18)8-13(15)10-19-16/h2-8,16H,1,10H2. The number of ether oxygens (including phenoxy) is 1. The Labute approximate surface area is 111 Å². The fourth-order valence-corrected chi connectivity index (χ4v) is 2.43. The molecule has 1 aromatic carbocycles. The number of hydrogen-bond acceptors (Lipinski definition) is 2. The number of benzene rings is 1. The smallest absolute Gasteiger partial charge is 0.123 e. The molecule has 1 aliphatic heterocycles. The minimum absolute atomic E-state index is 0.154. The highest BCUT2D eigenvalue weighted by atomic mass is 19.1. The molecule has 19 heavy (non-hydrogen) atoms. The lowest BCUT2D eigenvalue weighted by Gasteiger charge is -2.11. The van der Waals surface area contributed by atoms with Gasteiger partial charge in [0.2, 0.25) is 0 Å². The lowest BCUT2D eigenvalue weighted by molar-refractivity contribution is 0.131. The second-order valence-electron chi connectivity index (χ2n) is 4.58. The van der Waals surface area contributed by atoms with Gasteiger partial charge in [-0.3, -0.25) is 0 Å². The van der Waals surface area contributed by atoms with E-state index >= 15 is 0 Å². The summed E-state index contributed by atoms with van der Waals surface area (Å²) >= 11 is 0. The van der Waals surface area contributed by atoms with E-state index in [1.165, 1.54) is 12.1 Å². The maximum absolute atomic E-state index is 13.0. The lowest BCUT2D eigenvalue weighted by Crippen LogP contribution is -1.98. The summed E-state index contributed by atoms with van der Waals surface area (Å²) in [5, 5.41) is 8.98. The number of allylic oxidation sites excluding steroid dienone is 4. The average molecular weight is 253 g/mol. The summed E-state index contributed by atoms with van der Waals surface area (Å²) in [6.45, 7) is 0.493. The Morgan fingerprint density at radius 3 is 2.74 bits per heavy atom. The van der Waals surface area contributed by atoms with Gasteiger partial charge in [0.1, 0.15) is 11.9 Å². The van der Waals surface area contributed by atoms with Crippen molar-refractivity contribution in [3.63, 3.8) is 0 Å². The van der Waals surface area contributed by atoms with E-state index < -0.39 is 0 Å². The van der Waals surface area contributed by atoms with Gasteiger partial charge in [0.15, 0.2) is 0 Å². The normalized spacial score (nSPS) is 21.7. The van der Waals surface area contributed by atoms with Gasteiger partial charge >= 0.3 is 0 Å². The summed E-state index contributed by atoms with van der Waals surface area (Å²) in [6, 6.07) is 8.53. The average Bonchev–Trinajstić information content (AvgIpc) is 2.70. The molecule has 0 saturated carbocycles. The highest BCUT2D eigenvalue weighted by Gasteiger charge is 2.28. The number of hydrogen-bond donors (Lipinski definition) is 0. The summed E-state index contributed by atoms with van der Waals surface area (Å²) in [5.41, 5.74) is 3.74. The van der Waals surface area contributed by atoms with Crippen LogP contribution < -0.4 is 0 Å². The Morgan fingerprint density at radius 2 is 2.00 bits per heavy atom. The number of rotatable bonds is 1. The first kappa shape index (κ1) is 11.9. The predicted molar refractivity (Wildman–Crippen MR) is 69.6 cm³/mol. The van der Waals surface area contributed by atoms with Gasteiger partial charge in [-0.2, -0.15) is 5.26 Å². The molecule has 0 bridgehead atoms. The lowest BCUT2D eigenvalue weighted by atomic mass is 9.97. The Hall–Kier alpha value is -2.18. The van der Waals surface area contributed by atoms with E-state index in [0.29, 0.717) is 12.2 Å². The van der Waals surface area contributed by atoms with Crippen molar-refractivity contribution >= 4 is 0 Å². The molecular weight excluding hydrogens is 241 g/mol. The molecule has 1 aliphatic carbocycles. The predicted octanol–water partition coefficient (Wildman–Crippen LogP) is 3.60. The van der Waals surface area contributed by atoms with Gasteiger partial charge in [-0.05, 0) is 41.3 Å². The van der Waals surface area contributed by atoms with E-state index in [9.17, 15) is 4.39 Å². The van der Waals surface area contributed by atoms with Crippen molar-refractivity contribution in [2.45, 2.75) is 12.5 Å². The van der Waals surface area contributed by atoms with Crippen molar-refractivity contribution in [2.24, 2.45) is 0 Å². The molecule has 0 aromatic heterocycles. The summed E-state index contributed by atoms with van der Waals surface area (Å²) in [5.74, 6) is -0.249. The first-order chi connectivity index (χ1) is 9.28. The van der Waals surface area contributed by atoms with Gasteiger partial charge < -0.3 is 4.74 Å². The number of fused-ring (bicyclic) bond motifs is 1. The SMILES string of the molecule is N#CC1=CCC=C2C(=C1)COC2c1ccc(F)cc1. The molecule has 1 saturated heterocycles. The molecule has 0 radical (unpaired) electrons. The van der Waals surface area contributed by atoms with Crippen LogP contribution >= 0.6 is 0 Å². The van der Waals surface area contributed by atoms with Crippen LogP contribution in [0, 0.1) is 17.1 Å². The van der Waals surface area contributed by atoms with Crippen molar-refractivity contribution in [1.29, 1.82) is 5.26 Å². The topological polar surface area (TPSA) is 33.0 Å². The van der Waals surface area contributed by atoms with E-state index in [1.807, 2.05) is 12.2 Å². The number of halogens is 1. The molecule has 1 fully saturated rings. The van der Waals surface area contributed by atoms with E-state index in [0.717, 1.165) is 23.1 Å². The molecule has 0 spiro atoms. The second-order valence-corrected chi connectivity index (χ2v) is 4.58. The minimum Gasteiger partial charge on any atom is -0.364 e. The Kier molecular flexibility index (Phi) is 3.02. The quantitative estimate of drug-likeness (QED) is 0.766. The van der Waals surface area contributed by atoms with Crippen LogP contribution in [0.4, 0.5) is 4.39 Å². The van der Waals surface area contributed by atoms with Crippen LogP contribution in [-0.4, -0.2) is 6.61 Å². The van der Waals surface area contributed by atoms with Gasteiger partial charge in [-0.15, -0.1) is 0 Å². The Morgan fingerprint density at radius 1 is 1.21 bits per heavy atom. The fourth-order valence-electron chi connectivity index (χ4n) is 2.43. The van der Waals surface area contributed by atoms with Crippen LogP contribution in [0.25, 0.3) is 0 Å². The highest BCUT2D eigenvalue weighted by molar-refractivity contribution is 5.51. The zero-order valence-electron chi connectivity index (χ0n) is 10.3. The number of nitrogens with zero attached hydrogens (tertiary/aromatic N) is 1. The molecule has 3 heteroatoms. The summed E-state index contributed by atoms with van der Waals surface area (Å²) < 4.78 is 18.7. The molecule has 1 unspecified atom stereocenters. The van der Waals surface area contributed by atoms with Crippen molar-refractivity contribution < 1.29 is 9.13 Å². The molecule has 1 aromatic rings. The summed E-state index contributed by atoms with van der Waals surface area (Å²) in [6.07, 6.45) is 6.43. The molecule has 1 heterocycles. The van der Waals surface area contributed by atoms with Crippen molar-refractivity contribution in [3.05, 3.63) is 70.6 Å². The first-order valence-electron chi connectivity index (χ1n) is 6.16. The van der Waals surface area contributed by atoms with Gasteiger partial charge in [0, 0.05) is 5.57 Å². The Bertz CT molecular complexity index is 632. The second kappa shape index (κ2) is 4.83. The largest absolute Gasteiger partial charge is 0.364 e. The molecule has 0 N–H and O–H groups in total. The number of nitriles is 1. The van der Waals surface area contributed by atoms with Crippen LogP contribution in [0.3, 0.4) is 0 Å². The first-order valence-corrected chi connectivity index (χ1v) is 6.16. The Balaban J connectivity index is 1.94. The van der Waals surface area contributed by atoms with Crippen LogP contribution in [0.15, 0.2) is 59.2 Å². The van der Waals surface area contributed by atoms with Gasteiger partial charge in [-0.1, -0.05) is 24.3 Å². The van der Waals surface area contributed by atoms with Gasteiger partial charge in [-0.25, -0.2) is 4.39 Å². The molecule has 94 valence electrons. The fraction of sp³-hybridized carbons (Fsp3) is 0.188. The summed E-state index contributed by atoms with van der Waals surface area (Å²) in [4.78, 5) is 0. The molecular formula is C16H12FNO. The maximum atomic E-state index is 13.0. The molecule has 1 atom stereocenters. The van der Waals surface area contributed by atoms with E-state index in [2.05, 4.69) is 12.1 Å². The van der Waals surface area contributed by atoms with Crippen molar-refractivity contribution in [1.82, 2.24) is 0 Å². The summed E-state index contributed by atoms with van der Waals surface area (Å²) in [7, 11) is 0. The maximum Gasteiger partial charge on any atom is 0.123 e. The zero-order valence-corrected chi connectivity index (χ0v) is 10.3. The van der Waals surface area contributed by atoms with E-state index in [-0.39, 0.29) is 11.9 Å². The van der Waals surface area contributed by atoms with Crippen molar-refractivity contribution in [2.75, 3.05) is 6.61 Å². The minimum atomic E-state index is -0.249. The third-order valence-corrected chi connectivity index (χ3v) is 3.37. The van der Waals surface area contributed by atoms with Crippen LogP contribution in [0.2, 0.25) is 0 Å². The van der Waals surface area contributed by atoms with E-state index in [1.54, 1.807) is 12.1 Å². The third kappa shape index (κ3) is 2.23. The zero-order chi connectivity index (χ0) is 13.2. The van der Waals surface area contributed by atoms with Crippen LogP contribution in [0.5, 0.6) is 0 Å². The molecule has 0 amide bonds. The van der Waals surface area contributed by atoms with Gasteiger partial charge in [0.05, 0.1) is 12.7 Å². The third-order valence-electron chi connectivity index (χ3n) is 3.37. The monoisotopic (exact) mass is 253 g/mol. The van der Waals surface area contributed by atoms with Gasteiger partial charge in [0.25, 0.3) is 0 Å². The van der Waals surface area contributed by atoms with Crippen LogP contribution in [0.1, 0.15) is 18.1 Å². The van der Waals surface area contributed by atoms with Crippen molar-refractivity contribution in [3.8, 4) is 6.07 Å². The highest BCUT2D eigenvalue weighted by Crippen LogP contribution is 2.39.